The minimum Gasteiger partial charge on any atom is -0.491 e. The molecule has 0 radical (unpaired) electrons. The van der Waals surface area contributed by atoms with E-state index in [2.05, 4.69) is 4.90 Å². The third-order valence-corrected chi connectivity index (χ3v) is 6.28. The van der Waals surface area contributed by atoms with Gasteiger partial charge < -0.3 is 24.0 Å². The first-order valence-corrected chi connectivity index (χ1v) is 10.2. The number of nitrogens with zero attached hydrogens (tertiary/aromatic N) is 2. The van der Waals surface area contributed by atoms with E-state index in [4.69, 9.17) is 14.2 Å². The van der Waals surface area contributed by atoms with Gasteiger partial charge in [-0.1, -0.05) is 18.2 Å². The van der Waals surface area contributed by atoms with Crippen molar-refractivity contribution in [3.8, 4) is 11.5 Å². The summed E-state index contributed by atoms with van der Waals surface area (Å²) >= 11 is 0. The number of carbonyl (C=O) groups is 1. The third kappa shape index (κ3) is 2.69. The Bertz CT molecular complexity index is 948. The quantitative estimate of drug-likeness (QED) is 0.688. The Balaban J connectivity index is 0.000000319. The number of para-hydroxylation sites is 1. The lowest BCUT2D eigenvalue weighted by Gasteiger charge is -2.29. The Morgan fingerprint density at radius 2 is 1.69 bits per heavy atom. The Morgan fingerprint density at radius 3 is 2.45 bits per heavy atom. The molecular weight excluding hydrogens is 368 g/mol. The Kier molecular flexibility index (Phi) is 4.39. The molecule has 1 atom stereocenters. The molecule has 29 heavy (non-hydrogen) atoms. The zero-order valence-electron chi connectivity index (χ0n) is 16.9. The fourth-order valence-electron chi connectivity index (χ4n) is 4.64. The Hall–Kier alpha value is -2.73. The van der Waals surface area contributed by atoms with Crippen molar-refractivity contribution in [3.63, 3.8) is 0 Å². The molecule has 1 saturated heterocycles. The fraction of sp³-hybridized carbons (Fsp3) is 0.435. The van der Waals surface area contributed by atoms with E-state index in [0.717, 1.165) is 53.8 Å². The summed E-state index contributed by atoms with van der Waals surface area (Å²) in [5.74, 6) is 1.67. The lowest BCUT2D eigenvalue weighted by molar-refractivity contribution is -0.121. The predicted molar refractivity (Wildman–Crippen MR) is 111 cm³/mol. The maximum atomic E-state index is 13.2. The van der Waals surface area contributed by atoms with Crippen molar-refractivity contribution in [2.45, 2.75) is 18.3 Å². The summed E-state index contributed by atoms with van der Waals surface area (Å²) in [4.78, 5) is 17.1. The van der Waals surface area contributed by atoms with Crippen LogP contribution in [0.5, 0.6) is 11.5 Å². The topological polar surface area (TPSA) is 51.2 Å². The second-order valence-electron chi connectivity index (χ2n) is 7.98. The molecule has 2 aromatic carbocycles. The molecule has 2 aromatic rings. The van der Waals surface area contributed by atoms with Gasteiger partial charge in [0.05, 0.1) is 12.2 Å². The Labute approximate surface area is 171 Å². The van der Waals surface area contributed by atoms with Crippen LogP contribution in [-0.2, 0) is 14.9 Å². The normalized spacial score (nSPS) is 23.7. The zero-order chi connectivity index (χ0) is 20.0. The Morgan fingerprint density at radius 1 is 0.897 bits per heavy atom. The van der Waals surface area contributed by atoms with Crippen LogP contribution in [0.15, 0.2) is 36.4 Å². The minimum atomic E-state index is -0.755. The number of hydrogen-bond acceptors (Lipinski definition) is 5. The van der Waals surface area contributed by atoms with E-state index >= 15 is 0 Å². The smallest absolute Gasteiger partial charge is 0.245 e. The van der Waals surface area contributed by atoms with Crippen molar-refractivity contribution in [3.05, 3.63) is 47.5 Å². The van der Waals surface area contributed by atoms with Gasteiger partial charge in [0.25, 0.3) is 0 Å². The fourth-order valence-corrected chi connectivity index (χ4v) is 4.64. The molecule has 0 bridgehead atoms. The summed E-state index contributed by atoms with van der Waals surface area (Å²) in [5, 5.41) is 0. The lowest BCUT2D eigenvalue weighted by Crippen LogP contribution is -2.41. The van der Waals surface area contributed by atoms with E-state index in [-0.39, 0.29) is 5.91 Å². The highest BCUT2D eigenvalue weighted by Crippen LogP contribution is 2.54. The molecule has 4 heterocycles. The minimum absolute atomic E-state index is 0.0616. The van der Waals surface area contributed by atoms with Crippen LogP contribution in [0.4, 0.5) is 11.4 Å². The first kappa shape index (κ1) is 18.3. The van der Waals surface area contributed by atoms with Gasteiger partial charge in [0.15, 0.2) is 0 Å². The van der Waals surface area contributed by atoms with E-state index in [0.29, 0.717) is 13.2 Å². The van der Waals surface area contributed by atoms with Gasteiger partial charge in [-0.05, 0) is 30.5 Å². The molecule has 152 valence electrons. The van der Waals surface area contributed by atoms with Gasteiger partial charge >= 0.3 is 0 Å². The second kappa shape index (κ2) is 6.95. The summed E-state index contributed by atoms with van der Waals surface area (Å²) in [5.41, 5.74) is 3.15. The van der Waals surface area contributed by atoms with E-state index < -0.39 is 5.41 Å². The van der Waals surface area contributed by atoms with Crippen LogP contribution in [-0.4, -0.2) is 53.0 Å². The molecule has 0 saturated carbocycles. The van der Waals surface area contributed by atoms with Crippen molar-refractivity contribution < 1.29 is 19.0 Å². The first-order valence-electron chi connectivity index (χ1n) is 10.2. The summed E-state index contributed by atoms with van der Waals surface area (Å²) in [7, 11) is 3.87. The largest absolute Gasteiger partial charge is 0.491 e. The summed E-state index contributed by atoms with van der Waals surface area (Å²) in [6, 6.07) is 12.0. The summed E-state index contributed by atoms with van der Waals surface area (Å²) in [6.45, 7) is 3.84. The molecule has 0 aliphatic carbocycles. The van der Waals surface area contributed by atoms with Crippen LogP contribution in [0.2, 0.25) is 0 Å². The van der Waals surface area contributed by atoms with Crippen LogP contribution in [0.3, 0.4) is 0 Å². The molecule has 1 unspecified atom stereocenters. The number of anilines is 2. The molecule has 1 amide bonds. The van der Waals surface area contributed by atoms with Crippen molar-refractivity contribution in [1.82, 2.24) is 0 Å². The van der Waals surface area contributed by atoms with Gasteiger partial charge in [0.2, 0.25) is 5.91 Å². The average molecular weight is 394 g/mol. The maximum Gasteiger partial charge on any atom is 0.245 e. The monoisotopic (exact) mass is 394 g/mol. The van der Waals surface area contributed by atoms with Gasteiger partial charge in [0, 0.05) is 44.6 Å². The average Bonchev–Trinajstić information content (AvgIpc) is 3.47. The van der Waals surface area contributed by atoms with Gasteiger partial charge in [-0.15, -0.1) is 0 Å². The van der Waals surface area contributed by atoms with Gasteiger partial charge in [0.1, 0.15) is 30.1 Å². The molecule has 6 nitrogen and oxygen atoms in total. The maximum absolute atomic E-state index is 13.2. The van der Waals surface area contributed by atoms with E-state index in [9.17, 15) is 4.79 Å². The van der Waals surface area contributed by atoms with Crippen LogP contribution >= 0.6 is 0 Å². The number of ether oxygens (including phenoxy) is 3. The molecule has 0 N–H and O–H groups in total. The molecule has 4 aliphatic rings. The molecule has 0 aromatic heterocycles. The highest BCUT2D eigenvalue weighted by atomic mass is 16.5. The number of likely N-dealkylation sites (N-methyl/N-ethyl adjacent to an activating group) is 2. The number of amides is 1. The van der Waals surface area contributed by atoms with Crippen molar-refractivity contribution >= 4 is 17.3 Å². The highest BCUT2D eigenvalue weighted by Gasteiger charge is 2.56. The number of fused-ring (bicyclic) bond motifs is 5. The standard InChI is InChI=1S/C19H18N2O3.C4H8O/c1-20-7-8-23-17-9-13-16(10-15(17)20)24-11-19(13)12-5-3-4-6-14(12)21(2)18(19)22;1-2-4-5-3-1/h3-6,9-10H,7-8,11H2,1-2H3;1-4H2. The van der Waals surface area contributed by atoms with Gasteiger partial charge in [-0.3, -0.25) is 4.79 Å². The van der Waals surface area contributed by atoms with Gasteiger partial charge in [-0.25, -0.2) is 0 Å². The van der Waals surface area contributed by atoms with E-state index in [1.165, 1.54) is 12.8 Å². The van der Waals surface area contributed by atoms with E-state index in [1.54, 1.807) is 4.90 Å². The van der Waals surface area contributed by atoms with Crippen molar-refractivity contribution in [1.29, 1.82) is 0 Å². The summed E-state index contributed by atoms with van der Waals surface area (Å²) in [6.07, 6.45) is 2.56. The van der Waals surface area contributed by atoms with Crippen LogP contribution in [0.1, 0.15) is 24.0 Å². The molecule has 1 fully saturated rings. The van der Waals surface area contributed by atoms with Crippen LogP contribution < -0.4 is 19.3 Å². The van der Waals surface area contributed by atoms with Crippen LogP contribution in [0, 0.1) is 0 Å². The zero-order valence-corrected chi connectivity index (χ0v) is 16.9. The number of hydrogen-bond donors (Lipinski definition) is 0. The van der Waals surface area contributed by atoms with Gasteiger partial charge in [-0.2, -0.15) is 0 Å². The third-order valence-electron chi connectivity index (χ3n) is 6.28. The predicted octanol–water partition coefficient (Wildman–Crippen LogP) is 2.97. The molecular formula is C23H26N2O4. The summed E-state index contributed by atoms with van der Waals surface area (Å²) < 4.78 is 16.8. The molecule has 1 spiro atoms. The first-order chi connectivity index (χ1) is 14.1. The molecule has 4 aliphatic heterocycles. The SMILES string of the molecule is C1CCOC1.CN1CCOc2cc3c(cc21)OCC31C(=O)N(C)c2ccccc21. The molecule has 6 rings (SSSR count). The number of carbonyl (C=O) groups excluding carboxylic acids is 1. The van der Waals surface area contributed by atoms with E-state index in [1.807, 2.05) is 50.5 Å². The number of rotatable bonds is 0. The second-order valence-corrected chi connectivity index (χ2v) is 7.98. The van der Waals surface area contributed by atoms with Crippen molar-refractivity contribution in [2.75, 3.05) is 56.9 Å². The highest BCUT2D eigenvalue weighted by molar-refractivity contribution is 6.11. The molecule has 6 heteroatoms. The number of benzene rings is 2. The van der Waals surface area contributed by atoms with Crippen LogP contribution in [0.25, 0.3) is 0 Å². The lowest BCUT2D eigenvalue weighted by atomic mass is 9.77. The van der Waals surface area contributed by atoms with Crippen molar-refractivity contribution in [2.24, 2.45) is 0 Å².